The summed E-state index contributed by atoms with van der Waals surface area (Å²) in [6, 6.07) is 4.71. The SMILES string of the molecule is C=CCCCN(C)C(=NC)NCC(c1cccs1)N1CCOC(C)C1.I. The molecule has 1 aromatic heterocycles. The van der Waals surface area contributed by atoms with Crippen molar-refractivity contribution in [2.45, 2.75) is 31.9 Å². The van der Waals surface area contributed by atoms with Crippen molar-refractivity contribution in [2.24, 2.45) is 4.99 Å². The summed E-state index contributed by atoms with van der Waals surface area (Å²) in [5.74, 6) is 0.951. The van der Waals surface area contributed by atoms with Gasteiger partial charge >= 0.3 is 0 Å². The number of unbranched alkanes of at least 4 members (excludes halogenated alkanes) is 1. The second-order valence-corrected chi connectivity index (χ2v) is 7.47. The number of morpholine rings is 1. The van der Waals surface area contributed by atoms with Crippen molar-refractivity contribution in [1.29, 1.82) is 0 Å². The molecule has 26 heavy (non-hydrogen) atoms. The van der Waals surface area contributed by atoms with Gasteiger partial charge in [0.2, 0.25) is 0 Å². The van der Waals surface area contributed by atoms with Crippen molar-refractivity contribution < 1.29 is 4.74 Å². The van der Waals surface area contributed by atoms with E-state index >= 15 is 0 Å². The summed E-state index contributed by atoms with van der Waals surface area (Å²) in [5.41, 5.74) is 0. The second kappa shape index (κ2) is 12.7. The van der Waals surface area contributed by atoms with Gasteiger partial charge in [0.25, 0.3) is 0 Å². The number of nitrogens with zero attached hydrogens (tertiary/aromatic N) is 3. The molecule has 1 aliphatic rings. The molecule has 0 spiro atoms. The molecule has 2 heterocycles. The molecule has 7 heteroatoms. The number of hydrogen-bond donors (Lipinski definition) is 1. The number of nitrogens with one attached hydrogen (secondary N) is 1. The Morgan fingerprint density at radius 2 is 2.42 bits per heavy atom. The minimum absolute atomic E-state index is 0. The number of allylic oxidation sites excluding steroid dienone is 1. The third kappa shape index (κ3) is 7.17. The lowest BCUT2D eigenvalue weighted by Gasteiger charge is -2.37. The number of rotatable bonds is 8. The molecule has 0 amide bonds. The fraction of sp³-hybridized carbons (Fsp3) is 0.632. The zero-order valence-electron chi connectivity index (χ0n) is 16.2. The second-order valence-electron chi connectivity index (χ2n) is 6.49. The van der Waals surface area contributed by atoms with Gasteiger partial charge in [-0.2, -0.15) is 0 Å². The highest BCUT2D eigenvalue weighted by Gasteiger charge is 2.26. The Labute approximate surface area is 179 Å². The summed E-state index contributed by atoms with van der Waals surface area (Å²) < 4.78 is 5.72. The molecule has 2 atom stereocenters. The van der Waals surface area contributed by atoms with Crippen LogP contribution in [0.3, 0.4) is 0 Å². The average Bonchev–Trinajstić information content (AvgIpc) is 3.13. The number of ether oxygens (including phenoxy) is 1. The van der Waals surface area contributed by atoms with E-state index in [1.54, 1.807) is 0 Å². The van der Waals surface area contributed by atoms with Crippen LogP contribution in [-0.4, -0.2) is 68.7 Å². The minimum Gasteiger partial charge on any atom is -0.376 e. The monoisotopic (exact) mass is 492 g/mol. The fourth-order valence-electron chi connectivity index (χ4n) is 3.17. The van der Waals surface area contributed by atoms with Crippen LogP contribution in [0, 0.1) is 0 Å². The predicted octanol–water partition coefficient (Wildman–Crippen LogP) is 3.60. The van der Waals surface area contributed by atoms with E-state index in [1.165, 1.54) is 4.88 Å². The lowest BCUT2D eigenvalue weighted by atomic mass is 10.1. The first kappa shape index (κ1) is 23.4. The van der Waals surface area contributed by atoms with Gasteiger partial charge in [-0.25, -0.2) is 0 Å². The summed E-state index contributed by atoms with van der Waals surface area (Å²) in [4.78, 5) is 10.6. The number of hydrogen-bond acceptors (Lipinski definition) is 4. The van der Waals surface area contributed by atoms with Crippen LogP contribution >= 0.6 is 35.3 Å². The van der Waals surface area contributed by atoms with Gasteiger partial charge in [-0.05, 0) is 31.2 Å². The quantitative estimate of drug-likeness (QED) is 0.198. The van der Waals surface area contributed by atoms with Crippen molar-refractivity contribution in [3.63, 3.8) is 0 Å². The van der Waals surface area contributed by atoms with E-state index in [4.69, 9.17) is 4.74 Å². The summed E-state index contributed by atoms with van der Waals surface area (Å²) in [6.07, 6.45) is 4.38. The van der Waals surface area contributed by atoms with Crippen molar-refractivity contribution in [3.8, 4) is 0 Å². The maximum Gasteiger partial charge on any atom is 0.193 e. The Kier molecular flexibility index (Phi) is 11.4. The van der Waals surface area contributed by atoms with E-state index in [0.717, 1.165) is 51.6 Å². The van der Waals surface area contributed by atoms with E-state index in [2.05, 4.69) is 58.2 Å². The molecular weight excluding hydrogens is 459 g/mol. The largest absolute Gasteiger partial charge is 0.376 e. The van der Waals surface area contributed by atoms with E-state index in [9.17, 15) is 0 Å². The molecule has 1 N–H and O–H groups in total. The number of thiophene rings is 1. The Balaban J connectivity index is 0.00000338. The predicted molar refractivity (Wildman–Crippen MR) is 123 cm³/mol. The number of halogens is 1. The maximum atomic E-state index is 5.72. The Morgan fingerprint density at radius 3 is 3.04 bits per heavy atom. The zero-order chi connectivity index (χ0) is 18.1. The van der Waals surface area contributed by atoms with Crippen LogP contribution in [0.5, 0.6) is 0 Å². The molecule has 0 aromatic carbocycles. The molecule has 2 rings (SSSR count). The Hall–Kier alpha value is -0.640. The molecule has 2 unspecified atom stereocenters. The van der Waals surface area contributed by atoms with Crippen LogP contribution in [0.25, 0.3) is 0 Å². The molecule has 5 nitrogen and oxygen atoms in total. The minimum atomic E-state index is 0. The van der Waals surface area contributed by atoms with Gasteiger partial charge in [0.05, 0.1) is 18.8 Å². The molecule has 1 aliphatic heterocycles. The number of aliphatic imine (C=N–C) groups is 1. The maximum absolute atomic E-state index is 5.72. The molecule has 0 aliphatic carbocycles. The molecule has 0 radical (unpaired) electrons. The van der Waals surface area contributed by atoms with E-state index in [0.29, 0.717) is 6.04 Å². The molecule has 1 fully saturated rings. The van der Waals surface area contributed by atoms with Gasteiger partial charge in [-0.3, -0.25) is 9.89 Å². The fourth-order valence-corrected chi connectivity index (χ4v) is 4.03. The molecule has 1 aromatic rings. The molecule has 0 saturated carbocycles. The van der Waals surface area contributed by atoms with Gasteiger partial charge < -0.3 is 15.0 Å². The standard InChI is InChI=1S/C19H32N4OS.HI/c1-5-6-7-10-22(4)19(20-3)21-14-17(18-9-8-13-25-18)23-11-12-24-16(2)15-23;/h5,8-9,13,16-17H,1,6-7,10-12,14-15H2,2-4H3,(H,20,21);1H. The topological polar surface area (TPSA) is 40.1 Å². The van der Waals surface area contributed by atoms with Crippen molar-refractivity contribution in [1.82, 2.24) is 15.1 Å². The van der Waals surface area contributed by atoms with Crippen LogP contribution in [-0.2, 0) is 4.74 Å². The van der Waals surface area contributed by atoms with Gasteiger partial charge in [0.15, 0.2) is 5.96 Å². The highest BCUT2D eigenvalue weighted by Crippen LogP contribution is 2.26. The van der Waals surface area contributed by atoms with E-state index < -0.39 is 0 Å². The van der Waals surface area contributed by atoms with Gasteiger partial charge in [-0.15, -0.1) is 41.9 Å². The van der Waals surface area contributed by atoms with Crippen molar-refractivity contribution in [2.75, 3.05) is 46.9 Å². The first-order valence-electron chi connectivity index (χ1n) is 9.07. The molecular formula is C19H33IN4OS. The molecule has 1 saturated heterocycles. The van der Waals surface area contributed by atoms with Crippen LogP contribution in [0.4, 0.5) is 0 Å². The van der Waals surface area contributed by atoms with Crippen LogP contribution in [0.15, 0.2) is 35.2 Å². The Morgan fingerprint density at radius 1 is 1.62 bits per heavy atom. The first-order valence-corrected chi connectivity index (χ1v) is 9.95. The summed E-state index contributed by atoms with van der Waals surface area (Å²) in [5, 5.41) is 5.73. The van der Waals surface area contributed by atoms with Crippen LogP contribution in [0.1, 0.15) is 30.7 Å². The van der Waals surface area contributed by atoms with Crippen LogP contribution in [0.2, 0.25) is 0 Å². The first-order chi connectivity index (χ1) is 12.2. The highest BCUT2D eigenvalue weighted by atomic mass is 127. The Bertz CT molecular complexity index is 538. The third-order valence-electron chi connectivity index (χ3n) is 4.51. The van der Waals surface area contributed by atoms with Crippen molar-refractivity contribution in [3.05, 3.63) is 35.0 Å². The molecule has 0 bridgehead atoms. The lowest BCUT2D eigenvalue weighted by Crippen LogP contribution is -2.48. The zero-order valence-corrected chi connectivity index (χ0v) is 19.3. The van der Waals surface area contributed by atoms with Gasteiger partial charge in [0, 0.05) is 45.2 Å². The number of guanidine groups is 1. The summed E-state index contributed by atoms with van der Waals surface area (Å²) >= 11 is 1.82. The summed E-state index contributed by atoms with van der Waals surface area (Å²) in [6.45, 7) is 10.5. The van der Waals surface area contributed by atoms with Crippen LogP contribution < -0.4 is 5.32 Å². The lowest BCUT2D eigenvalue weighted by molar-refractivity contribution is -0.0334. The van der Waals surface area contributed by atoms with Crippen molar-refractivity contribution >= 4 is 41.3 Å². The molecule has 148 valence electrons. The van der Waals surface area contributed by atoms with Gasteiger partial charge in [-0.1, -0.05) is 12.1 Å². The van der Waals surface area contributed by atoms with Gasteiger partial charge in [0.1, 0.15) is 0 Å². The average molecular weight is 492 g/mol. The third-order valence-corrected chi connectivity index (χ3v) is 5.49. The van der Waals surface area contributed by atoms with E-state index in [1.807, 2.05) is 24.5 Å². The highest BCUT2D eigenvalue weighted by molar-refractivity contribution is 14.0. The normalized spacial score (nSPS) is 19.5. The summed E-state index contributed by atoms with van der Waals surface area (Å²) in [7, 11) is 3.94. The van der Waals surface area contributed by atoms with E-state index in [-0.39, 0.29) is 30.1 Å². The smallest absolute Gasteiger partial charge is 0.193 e.